The highest BCUT2D eigenvalue weighted by Gasteiger charge is 2.43. The van der Waals surface area contributed by atoms with Gasteiger partial charge in [-0.2, -0.15) is 4.58 Å². The van der Waals surface area contributed by atoms with Crippen LogP contribution in [0.1, 0.15) is 65.9 Å². The minimum absolute atomic E-state index is 0.0195. The van der Waals surface area contributed by atoms with Crippen LogP contribution in [0.25, 0.3) is 0 Å². The molecule has 0 aromatic heterocycles. The highest BCUT2D eigenvalue weighted by Crippen LogP contribution is 2.46. The number of fused-ring (bicyclic) bond motifs is 1. The minimum Gasteiger partial charge on any atom is -0.347 e. The van der Waals surface area contributed by atoms with Crippen molar-refractivity contribution in [3.63, 3.8) is 0 Å². The van der Waals surface area contributed by atoms with E-state index < -0.39 is 0 Å². The Bertz CT molecular complexity index is 1190. The Morgan fingerprint density at radius 2 is 1.76 bits per heavy atom. The molecular weight excluding hydrogens is 412 g/mol. The molecule has 3 aliphatic rings. The first kappa shape index (κ1) is 24.3. The first-order valence-corrected chi connectivity index (χ1v) is 12.7. The van der Waals surface area contributed by atoms with Gasteiger partial charge in [0.1, 0.15) is 7.05 Å². The quantitative estimate of drug-likeness (QED) is 0.411. The van der Waals surface area contributed by atoms with Crippen molar-refractivity contribution in [1.82, 2.24) is 0 Å². The van der Waals surface area contributed by atoms with E-state index in [4.69, 9.17) is 0 Å². The summed E-state index contributed by atoms with van der Waals surface area (Å²) in [6.07, 6.45) is 18.3. The second-order valence-corrected chi connectivity index (χ2v) is 10.9. The molecule has 34 heavy (non-hydrogen) atoms. The van der Waals surface area contributed by atoms with Crippen molar-refractivity contribution in [1.29, 1.82) is 0 Å². The highest BCUT2D eigenvalue weighted by molar-refractivity contribution is 5.99. The Hall–Kier alpha value is -2.87. The third-order valence-electron chi connectivity index (χ3n) is 8.13. The van der Waals surface area contributed by atoms with Gasteiger partial charge in [0.15, 0.2) is 5.71 Å². The van der Waals surface area contributed by atoms with Gasteiger partial charge in [0.2, 0.25) is 5.70 Å². The Balaban J connectivity index is 1.60. The van der Waals surface area contributed by atoms with Gasteiger partial charge in [0, 0.05) is 41.6 Å². The van der Waals surface area contributed by atoms with Crippen molar-refractivity contribution in [2.75, 3.05) is 19.0 Å². The number of anilines is 1. The molecule has 0 radical (unpaired) electrons. The summed E-state index contributed by atoms with van der Waals surface area (Å²) in [5.41, 5.74) is 11.1. The number of hydrogen-bond donors (Lipinski definition) is 0. The van der Waals surface area contributed by atoms with Gasteiger partial charge in [-0.15, -0.1) is 0 Å². The van der Waals surface area contributed by atoms with E-state index in [1.807, 2.05) is 6.08 Å². The Labute approximate surface area is 207 Å². The molecule has 2 heteroatoms. The standard InChI is InChI=1S/C32H41N2/c1-9-25-27(10-2)33(7)29(31(25,3)4)20-18-23-14-13-15-24(22-23)19-21-30-32(5,6)26-16-11-12-17-28(26)34(30)8/h10-12,16-22H,2,9,13-15H2,1,3-8H3/q+1. The summed E-state index contributed by atoms with van der Waals surface area (Å²) in [7, 11) is 4.36. The average molecular weight is 454 g/mol. The lowest BCUT2D eigenvalue weighted by molar-refractivity contribution is -0.435. The molecule has 0 N–H and O–H groups in total. The minimum atomic E-state index is 0.0195. The maximum atomic E-state index is 4.07. The predicted molar refractivity (Wildman–Crippen MR) is 148 cm³/mol. The van der Waals surface area contributed by atoms with Crippen LogP contribution < -0.4 is 4.90 Å². The first-order valence-electron chi connectivity index (χ1n) is 12.7. The zero-order valence-corrected chi connectivity index (χ0v) is 22.2. The van der Waals surface area contributed by atoms with E-state index in [9.17, 15) is 0 Å². The molecule has 0 amide bonds. The zero-order valence-electron chi connectivity index (χ0n) is 22.2. The normalized spacial score (nSPS) is 24.0. The third kappa shape index (κ3) is 3.98. The number of hydrogen-bond acceptors (Lipinski definition) is 1. The molecule has 0 spiro atoms. The summed E-state index contributed by atoms with van der Waals surface area (Å²) in [5.74, 6) is 0. The summed E-state index contributed by atoms with van der Waals surface area (Å²) in [6, 6.07) is 8.77. The van der Waals surface area contributed by atoms with Gasteiger partial charge in [-0.25, -0.2) is 0 Å². The topological polar surface area (TPSA) is 6.25 Å². The van der Waals surface area contributed by atoms with E-state index in [1.165, 1.54) is 51.5 Å². The molecule has 1 aliphatic carbocycles. The lowest BCUT2D eigenvalue weighted by atomic mass is 9.79. The van der Waals surface area contributed by atoms with Crippen molar-refractivity contribution in [3.8, 4) is 0 Å². The fraction of sp³-hybridized carbons (Fsp3) is 0.406. The second-order valence-electron chi connectivity index (χ2n) is 10.9. The van der Waals surface area contributed by atoms with E-state index in [0.29, 0.717) is 0 Å². The van der Waals surface area contributed by atoms with Crippen molar-refractivity contribution in [2.45, 2.75) is 65.7 Å². The molecule has 0 saturated carbocycles. The smallest absolute Gasteiger partial charge is 0.204 e. The van der Waals surface area contributed by atoms with Crippen LogP contribution in [-0.4, -0.2) is 24.4 Å². The van der Waals surface area contributed by atoms with Crippen molar-refractivity contribution < 1.29 is 4.58 Å². The van der Waals surface area contributed by atoms with Crippen LogP contribution in [0.2, 0.25) is 0 Å². The number of benzene rings is 1. The summed E-state index contributed by atoms with van der Waals surface area (Å²) in [4.78, 5) is 2.35. The third-order valence-corrected chi connectivity index (χ3v) is 8.13. The largest absolute Gasteiger partial charge is 0.347 e. The van der Waals surface area contributed by atoms with Gasteiger partial charge in [-0.05, 0) is 68.4 Å². The van der Waals surface area contributed by atoms with E-state index in [1.54, 1.807) is 0 Å². The molecule has 1 aromatic carbocycles. The fourth-order valence-corrected chi connectivity index (χ4v) is 6.25. The lowest BCUT2D eigenvalue weighted by Crippen LogP contribution is -2.24. The van der Waals surface area contributed by atoms with E-state index in [0.717, 1.165) is 19.3 Å². The van der Waals surface area contributed by atoms with Crippen LogP contribution >= 0.6 is 0 Å². The molecule has 178 valence electrons. The summed E-state index contributed by atoms with van der Waals surface area (Å²) >= 11 is 0. The SMILES string of the molecule is C=CC1=C(CC)C(C)(C)C(/C=C/C2=CC(=C/C=C3/N(C)c4ccccc4C3(C)C)/CCC2)=[N+]1C. The second kappa shape index (κ2) is 9.06. The number of likely N-dealkylation sites (N-methyl/N-ethyl adjacent to an activating group) is 2. The molecule has 2 heterocycles. The summed E-state index contributed by atoms with van der Waals surface area (Å²) in [5, 5.41) is 0. The molecule has 0 atom stereocenters. The maximum absolute atomic E-state index is 4.07. The van der Waals surface area contributed by atoms with Gasteiger partial charge in [-0.3, -0.25) is 0 Å². The van der Waals surface area contributed by atoms with Gasteiger partial charge in [0.05, 0.1) is 5.41 Å². The van der Waals surface area contributed by atoms with E-state index >= 15 is 0 Å². The van der Waals surface area contributed by atoms with Gasteiger partial charge in [-0.1, -0.05) is 63.8 Å². The molecular formula is C32H41N2+. The van der Waals surface area contributed by atoms with Gasteiger partial charge >= 0.3 is 0 Å². The molecule has 0 bridgehead atoms. The van der Waals surface area contributed by atoms with Gasteiger partial charge < -0.3 is 4.90 Å². The monoisotopic (exact) mass is 453 g/mol. The van der Waals surface area contributed by atoms with E-state index in [-0.39, 0.29) is 10.8 Å². The molecule has 2 nitrogen and oxygen atoms in total. The number of allylic oxidation sites excluding steroid dienone is 10. The summed E-state index contributed by atoms with van der Waals surface area (Å²) in [6.45, 7) is 15.7. The first-order chi connectivity index (χ1) is 16.1. The Morgan fingerprint density at radius 3 is 2.41 bits per heavy atom. The molecule has 0 unspecified atom stereocenters. The lowest BCUT2D eigenvalue weighted by Gasteiger charge is -2.24. The molecule has 4 rings (SSSR count). The fourth-order valence-electron chi connectivity index (χ4n) is 6.25. The maximum Gasteiger partial charge on any atom is 0.204 e. The zero-order chi connectivity index (χ0) is 24.7. The molecule has 0 fully saturated rings. The van der Waals surface area contributed by atoms with Crippen LogP contribution in [0.4, 0.5) is 5.69 Å². The molecule has 1 aromatic rings. The van der Waals surface area contributed by atoms with Crippen LogP contribution in [0.15, 0.2) is 95.4 Å². The molecule has 0 saturated heterocycles. The average Bonchev–Trinajstić information content (AvgIpc) is 3.13. The van der Waals surface area contributed by atoms with Crippen molar-refractivity contribution in [3.05, 3.63) is 101 Å². The Kier molecular flexibility index (Phi) is 6.46. The number of nitrogens with zero attached hydrogens (tertiary/aromatic N) is 2. The van der Waals surface area contributed by atoms with Crippen LogP contribution in [0.5, 0.6) is 0 Å². The highest BCUT2D eigenvalue weighted by atomic mass is 15.2. The van der Waals surface area contributed by atoms with Crippen LogP contribution in [0, 0.1) is 5.41 Å². The van der Waals surface area contributed by atoms with Crippen molar-refractivity contribution >= 4 is 11.4 Å². The number of rotatable bonds is 5. The van der Waals surface area contributed by atoms with Gasteiger partial charge in [0.25, 0.3) is 0 Å². The predicted octanol–water partition coefficient (Wildman–Crippen LogP) is 7.86. The van der Waals surface area contributed by atoms with Crippen molar-refractivity contribution in [2.24, 2.45) is 5.41 Å². The molecule has 2 aliphatic heterocycles. The summed E-state index contributed by atoms with van der Waals surface area (Å²) < 4.78 is 2.32. The Morgan fingerprint density at radius 1 is 1.03 bits per heavy atom. The number of para-hydroxylation sites is 1. The van der Waals surface area contributed by atoms with E-state index in [2.05, 4.69) is 119 Å². The van der Waals surface area contributed by atoms with Crippen LogP contribution in [-0.2, 0) is 5.41 Å². The van der Waals surface area contributed by atoms with Crippen LogP contribution in [0.3, 0.4) is 0 Å².